The molecule has 0 saturated carbocycles. The van der Waals surface area contributed by atoms with Crippen LogP contribution in [0.5, 0.6) is 0 Å². The van der Waals surface area contributed by atoms with Gasteiger partial charge in [0.1, 0.15) is 0 Å². The second-order valence-electron chi connectivity index (χ2n) is 7.58. The molecule has 1 aromatic heterocycles. The summed E-state index contributed by atoms with van der Waals surface area (Å²) in [7, 11) is 0. The van der Waals surface area contributed by atoms with E-state index in [0.717, 1.165) is 42.4 Å². The van der Waals surface area contributed by atoms with Gasteiger partial charge in [-0.3, -0.25) is 4.79 Å². The lowest BCUT2D eigenvalue weighted by Crippen LogP contribution is -2.40. The van der Waals surface area contributed by atoms with E-state index < -0.39 is 5.97 Å². The molecule has 3 aromatic rings. The van der Waals surface area contributed by atoms with Gasteiger partial charge in [-0.1, -0.05) is 55.5 Å². The van der Waals surface area contributed by atoms with Gasteiger partial charge in [0.15, 0.2) is 6.61 Å². The van der Waals surface area contributed by atoms with Crippen LogP contribution in [0, 0.1) is 5.92 Å². The first kappa shape index (κ1) is 19.1. The maximum absolute atomic E-state index is 12.9. The van der Waals surface area contributed by atoms with E-state index in [1.807, 2.05) is 54.6 Å². The van der Waals surface area contributed by atoms with Crippen LogP contribution in [0.2, 0.25) is 0 Å². The van der Waals surface area contributed by atoms with Crippen LogP contribution in [0.3, 0.4) is 0 Å². The minimum atomic E-state index is -0.500. The lowest BCUT2D eigenvalue weighted by atomic mass is 9.99. The van der Waals surface area contributed by atoms with Crippen LogP contribution >= 0.6 is 0 Å². The van der Waals surface area contributed by atoms with Gasteiger partial charge in [0.05, 0.1) is 16.8 Å². The molecule has 1 amide bonds. The molecule has 5 nitrogen and oxygen atoms in total. The van der Waals surface area contributed by atoms with Crippen molar-refractivity contribution in [2.75, 3.05) is 19.7 Å². The Morgan fingerprint density at radius 3 is 2.48 bits per heavy atom. The summed E-state index contributed by atoms with van der Waals surface area (Å²) in [6.45, 7) is 3.42. The number of hydrogen-bond donors (Lipinski definition) is 0. The lowest BCUT2D eigenvalue weighted by Gasteiger charge is -2.30. The van der Waals surface area contributed by atoms with Crippen molar-refractivity contribution in [1.29, 1.82) is 0 Å². The number of likely N-dealkylation sites (tertiary alicyclic amines) is 1. The summed E-state index contributed by atoms with van der Waals surface area (Å²) in [6, 6.07) is 18.9. The topological polar surface area (TPSA) is 59.5 Å². The molecule has 0 N–H and O–H groups in total. The fraction of sp³-hybridized carbons (Fsp3) is 0.292. The molecule has 0 bridgehead atoms. The SMILES string of the molecule is CC1CCN(C(=O)COC(=O)c2cc(-c3ccccc3)nc3ccccc23)CC1. The fourth-order valence-corrected chi connectivity index (χ4v) is 3.66. The van der Waals surface area contributed by atoms with Gasteiger partial charge in [0.2, 0.25) is 0 Å². The molecule has 148 valence electrons. The highest BCUT2D eigenvalue weighted by atomic mass is 16.5. The molecule has 0 radical (unpaired) electrons. The molecule has 5 heteroatoms. The summed E-state index contributed by atoms with van der Waals surface area (Å²) in [5.74, 6) is 0.00703. The molecule has 1 saturated heterocycles. The molecule has 2 heterocycles. The smallest absolute Gasteiger partial charge is 0.339 e. The second kappa shape index (κ2) is 8.43. The van der Waals surface area contributed by atoms with E-state index in [-0.39, 0.29) is 12.5 Å². The first-order valence-electron chi connectivity index (χ1n) is 10.0. The van der Waals surface area contributed by atoms with Gasteiger partial charge in [-0.25, -0.2) is 9.78 Å². The Balaban J connectivity index is 1.56. The van der Waals surface area contributed by atoms with Gasteiger partial charge < -0.3 is 9.64 Å². The highest BCUT2D eigenvalue weighted by Gasteiger charge is 2.22. The van der Waals surface area contributed by atoms with Gasteiger partial charge in [0, 0.05) is 24.0 Å². The molecule has 29 heavy (non-hydrogen) atoms. The summed E-state index contributed by atoms with van der Waals surface area (Å²) in [5, 5.41) is 0.719. The van der Waals surface area contributed by atoms with Gasteiger partial charge in [-0.2, -0.15) is 0 Å². The number of carbonyl (C=O) groups excluding carboxylic acids is 2. The zero-order chi connectivity index (χ0) is 20.2. The number of carbonyl (C=O) groups is 2. The Labute approximate surface area is 170 Å². The summed E-state index contributed by atoms with van der Waals surface area (Å²) in [4.78, 5) is 31.8. The van der Waals surface area contributed by atoms with Crippen LogP contribution in [0.15, 0.2) is 60.7 Å². The van der Waals surface area contributed by atoms with Crippen molar-refractivity contribution in [3.05, 3.63) is 66.2 Å². The van der Waals surface area contributed by atoms with E-state index in [4.69, 9.17) is 4.74 Å². The number of rotatable bonds is 4. The second-order valence-corrected chi connectivity index (χ2v) is 7.58. The molecular formula is C24H24N2O3. The largest absolute Gasteiger partial charge is 0.452 e. The van der Waals surface area contributed by atoms with Gasteiger partial charge in [0.25, 0.3) is 5.91 Å². The number of nitrogens with zero attached hydrogens (tertiary/aromatic N) is 2. The summed E-state index contributed by atoms with van der Waals surface area (Å²) < 4.78 is 5.41. The number of aromatic nitrogens is 1. The van der Waals surface area contributed by atoms with Crippen LogP contribution in [0.25, 0.3) is 22.2 Å². The maximum Gasteiger partial charge on any atom is 0.339 e. The third-order valence-corrected chi connectivity index (χ3v) is 5.47. The number of fused-ring (bicyclic) bond motifs is 1. The zero-order valence-corrected chi connectivity index (χ0v) is 16.5. The molecule has 2 aromatic carbocycles. The number of ether oxygens (including phenoxy) is 1. The van der Waals surface area contributed by atoms with E-state index in [0.29, 0.717) is 17.2 Å². The van der Waals surface area contributed by atoms with Crippen LogP contribution in [-0.2, 0) is 9.53 Å². The quantitative estimate of drug-likeness (QED) is 0.625. The molecule has 0 unspecified atom stereocenters. The molecule has 1 fully saturated rings. The molecule has 0 spiro atoms. The van der Waals surface area contributed by atoms with Gasteiger partial charge in [-0.05, 0) is 30.9 Å². The fourth-order valence-electron chi connectivity index (χ4n) is 3.66. The Hall–Kier alpha value is -3.21. The first-order valence-corrected chi connectivity index (χ1v) is 10.0. The number of para-hydroxylation sites is 1. The average molecular weight is 388 g/mol. The van der Waals surface area contributed by atoms with Crippen LogP contribution in [0.1, 0.15) is 30.1 Å². The Kier molecular flexibility index (Phi) is 5.56. The van der Waals surface area contributed by atoms with Crippen molar-refractivity contribution in [1.82, 2.24) is 9.88 Å². The lowest BCUT2D eigenvalue weighted by molar-refractivity contribution is -0.135. The predicted octanol–water partition coefficient (Wildman–Crippen LogP) is 4.32. The van der Waals surface area contributed by atoms with E-state index >= 15 is 0 Å². The summed E-state index contributed by atoms with van der Waals surface area (Å²) >= 11 is 0. The predicted molar refractivity (Wildman–Crippen MR) is 112 cm³/mol. The minimum Gasteiger partial charge on any atom is -0.452 e. The van der Waals surface area contributed by atoms with Gasteiger partial charge >= 0.3 is 5.97 Å². The highest BCUT2D eigenvalue weighted by molar-refractivity contribution is 6.05. The number of pyridine rings is 1. The monoisotopic (exact) mass is 388 g/mol. The van der Waals surface area contributed by atoms with Gasteiger partial charge in [-0.15, -0.1) is 0 Å². The van der Waals surface area contributed by atoms with Crippen LogP contribution in [-0.4, -0.2) is 41.5 Å². The Morgan fingerprint density at radius 2 is 1.72 bits per heavy atom. The number of hydrogen-bond acceptors (Lipinski definition) is 4. The van der Waals surface area contributed by atoms with Crippen molar-refractivity contribution < 1.29 is 14.3 Å². The number of benzene rings is 2. The molecule has 4 rings (SSSR count). The van der Waals surface area contributed by atoms with Crippen LogP contribution in [0.4, 0.5) is 0 Å². The Morgan fingerprint density at radius 1 is 1.03 bits per heavy atom. The number of amides is 1. The maximum atomic E-state index is 12.9. The average Bonchev–Trinajstić information content (AvgIpc) is 2.77. The molecule has 0 aliphatic carbocycles. The zero-order valence-electron chi connectivity index (χ0n) is 16.5. The molecule has 1 aliphatic rings. The summed E-state index contributed by atoms with van der Waals surface area (Å²) in [6.07, 6.45) is 1.99. The summed E-state index contributed by atoms with van der Waals surface area (Å²) in [5.41, 5.74) is 2.77. The normalized spacial score (nSPS) is 14.7. The third-order valence-electron chi connectivity index (χ3n) is 5.47. The Bertz CT molecular complexity index is 1020. The van der Waals surface area contributed by atoms with E-state index in [2.05, 4.69) is 11.9 Å². The molecule has 0 atom stereocenters. The van der Waals surface area contributed by atoms with E-state index in [9.17, 15) is 9.59 Å². The standard InChI is InChI=1S/C24H24N2O3/c1-17-11-13-26(14-12-17)23(27)16-29-24(28)20-15-22(18-7-3-2-4-8-18)25-21-10-6-5-9-19(20)21/h2-10,15,17H,11-14,16H2,1H3. The van der Waals surface area contributed by atoms with Crippen LogP contribution < -0.4 is 0 Å². The van der Waals surface area contributed by atoms with Crippen molar-refractivity contribution >= 4 is 22.8 Å². The first-order chi connectivity index (χ1) is 14.1. The van der Waals surface area contributed by atoms with Crippen molar-refractivity contribution in [2.24, 2.45) is 5.92 Å². The molecular weight excluding hydrogens is 364 g/mol. The van der Waals surface area contributed by atoms with Crippen molar-refractivity contribution in [3.8, 4) is 11.3 Å². The molecule has 1 aliphatic heterocycles. The van der Waals surface area contributed by atoms with Crippen molar-refractivity contribution in [3.63, 3.8) is 0 Å². The van der Waals surface area contributed by atoms with E-state index in [1.54, 1.807) is 11.0 Å². The minimum absolute atomic E-state index is 0.133. The third kappa shape index (κ3) is 4.29. The number of esters is 1. The highest BCUT2D eigenvalue weighted by Crippen LogP contribution is 2.25. The van der Waals surface area contributed by atoms with Crippen molar-refractivity contribution in [2.45, 2.75) is 19.8 Å². The van der Waals surface area contributed by atoms with E-state index in [1.165, 1.54) is 0 Å². The number of piperidine rings is 1.